The lowest BCUT2D eigenvalue weighted by Gasteiger charge is -2.32. The minimum Gasteiger partial charge on any atom is -0.411 e. The summed E-state index contributed by atoms with van der Waals surface area (Å²) in [5.41, 5.74) is 4.77. The monoisotopic (exact) mass is 426 g/mol. The first-order chi connectivity index (χ1) is 15.7. The number of aromatic amines is 1. The van der Waals surface area contributed by atoms with Crippen LogP contribution in [0.3, 0.4) is 0 Å². The van der Waals surface area contributed by atoms with Gasteiger partial charge < -0.3 is 14.3 Å². The molecule has 0 radical (unpaired) electrons. The van der Waals surface area contributed by atoms with E-state index in [4.69, 9.17) is 9.52 Å². The summed E-state index contributed by atoms with van der Waals surface area (Å²) < 4.78 is 7.51. The highest BCUT2D eigenvalue weighted by molar-refractivity contribution is 5.90. The Kier molecular flexibility index (Phi) is 4.10. The first kappa shape index (κ1) is 18.4. The maximum atomic E-state index is 13.5. The second kappa shape index (κ2) is 7.12. The molecular formula is C22H18N8O2. The van der Waals surface area contributed by atoms with E-state index in [9.17, 15) is 4.79 Å². The second-order valence-electron chi connectivity index (χ2n) is 7.63. The van der Waals surface area contributed by atoms with Crippen LogP contribution in [0.25, 0.3) is 17.1 Å². The Morgan fingerprint density at radius 2 is 2.12 bits per heavy atom. The van der Waals surface area contributed by atoms with E-state index >= 15 is 0 Å². The molecule has 6 heterocycles. The molecule has 10 nitrogen and oxygen atoms in total. The molecule has 1 aliphatic rings. The first-order valence-electron chi connectivity index (χ1n) is 10.2. The maximum Gasteiger partial charge on any atom is 0.312 e. The van der Waals surface area contributed by atoms with E-state index in [1.54, 1.807) is 21.8 Å². The molecule has 0 spiro atoms. The van der Waals surface area contributed by atoms with Crippen LogP contribution in [0.4, 0.5) is 0 Å². The van der Waals surface area contributed by atoms with Gasteiger partial charge in [0.05, 0.1) is 23.2 Å². The number of rotatable bonds is 3. The van der Waals surface area contributed by atoms with Crippen LogP contribution in [0.15, 0.2) is 59.4 Å². The summed E-state index contributed by atoms with van der Waals surface area (Å²) in [5, 5.41) is 12.7. The van der Waals surface area contributed by atoms with Gasteiger partial charge in [-0.15, -0.1) is 10.2 Å². The zero-order chi connectivity index (χ0) is 21.7. The van der Waals surface area contributed by atoms with Crippen molar-refractivity contribution in [3.63, 3.8) is 0 Å². The van der Waals surface area contributed by atoms with Gasteiger partial charge in [0.1, 0.15) is 11.7 Å². The molecule has 0 saturated heterocycles. The lowest BCUT2D eigenvalue weighted by Crippen LogP contribution is -2.41. The van der Waals surface area contributed by atoms with Gasteiger partial charge in [0.15, 0.2) is 0 Å². The molecule has 0 saturated carbocycles. The number of carbonyl (C=O) groups excluding carboxylic acids is 1. The Hall–Kier alpha value is -4.34. The van der Waals surface area contributed by atoms with Crippen LogP contribution < -0.4 is 0 Å². The van der Waals surface area contributed by atoms with E-state index in [-0.39, 0.29) is 17.7 Å². The average Bonchev–Trinajstić information content (AvgIpc) is 3.56. The highest BCUT2D eigenvalue weighted by atomic mass is 16.4. The zero-order valence-corrected chi connectivity index (χ0v) is 17.1. The van der Waals surface area contributed by atoms with Crippen LogP contribution in [-0.4, -0.2) is 52.1 Å². The summed E-state index contributed by atoms with van der Waals surface area (Å²) in [6.07, 6.45) is 4.17. The third-order valence-corrected chi connectivity index (χ3v) is 5.57. The van der Waals surface area contributed by atoms with Gasteiger partial charge >= 0.3 is 11.8 Å². The van der Waals surface area contributed by atoms with Crippen molar-refractivity contribution in [2.75, 3.05) is 6.54 Å². The van der Waals surface area contributed by atoms with Crippen LogP contribution in [0.5, 0.6) is 0 Å². The number of hydrogen-bond acceptors (Lipinski definition) is 7. The van der Waals surface area contributed by atoms with Crippen molar-refractivity contribution < 1.29 is 9.21 Å². The number of nitrogens with zero attached hydrogens (tertiary/aromatic N) is 7. The lowest BCUT2D eigenvalue weighted by molar-refractivity contribution is 0.0646. The Morgan fingerprint density at radius 1 is 1.19 bits per heavy atom. The van der Waals surface area contributed by atoms with Crippen LogP contribution in [0.1, 0.15) is 39.5 Å². The van der Waals surface area contributed by atoms with Crippen LogP contribution in [-0.2, 0) is 6.42 Å². The third-order valence-electron chi connectivity index (χ3n) is 5.57. The summed E-state index contributed by atoms with van der Waals surface area (Å²) >= 11 is 0. The van der Waals surface area contributed by atoms with Gasteiger partial charge in [-0.25, -0.2) is 14.5 Å². The number of pyridine rings is 2. The van der Waals surface area contributed by atoms with Crippen molar-refractivity contribution >= 4 is 11.4 Å². The predicted molar refractivity (Wildman–Crippen MR) is 113 cm³/mol. The van der Waals surface area contributed by atoms with Crippen molar-refractivity contribution in [2.45, 2.75) is 19.4 Å². The molecule has 1 amide bonds. The van der Waals surface area contributed by atoms with E-state index in [1.165, 1.54) is 0 Å². The topological polar surface area (TPSA) is 118 Å². The summed E-state index contributed by atoms with van der Waals surface area (Å²) in [6, 6.07) is 12.8. The Balaban J connectivity index is 1.39. The molecular weight excluding hydrogens is 408 g/mol. The number of H-pyrrole nitrogens is 1. The number of fused-ring (bicyclic) bond motifs is 2. The molecule has 1 N–H and O–H groups in total. The SMILES string of the molecule is Cc1cccc(-c2nnc(C(=O)N3CCc4[nH]cnc4C3c3cc4ccccn4n3)o2)n1. The van der Waals surface area contributed by atoms with Gasteiger partial charge in [-0.2, -0.15) is 5.10 Å². The largest absolute Gasteiger partial charge is 0.411 e. The molecule has 0 aromatic carbocycles. The second-order valence-corrected chi connectivity index (χ2v) is 7.63. The Bertz CT molecular complexity index is 1420. The molecule has 10 heteroatoms. The number of carbonyl (C=O) groups is 1. The van der Waals surface area contributed by atoms with Gasteiger partial charge in [0, 0.05) is 30.6 Å². The zero-order valence-electron chi connectivity index (χ0n) is 17.1. The lowest BCUT2D eigenvalue weighted by atomic mass is 9.99. The molecule has 6 rings (SSSR count). The van der Waals surface area contributed by atoms with Crippen molar-refractivity contribution in [1.82, 2.24) is 39.7 Å². The summed E-state index contributed by atoms with van der Waals surface area (Å²) in [5.74, 6) is -0.248. The highest BCUT2D eigenvalue weighted by Crippen LogP contribution is 2.34. The molecule has 0 bridgehead atoms. The maximum absolute atomic E-state index is 13.5. The van der Waals surface area contributed by atoms with Crippen molar-refractivity contribution in [2.24, 2.45) is 0 Å². The van der Waals surface area contributed by atoms with Crippen LogP contribution in [0.2, 0.25) is 0 Å². The molecule has 158 valence electrons. The number of aryl methyl sites for hydroxylation is 1. The summed E-state index contributed by atoms with van der Waals surface area (Å²) in [7, 11) is 0. The fourth-order valence-corrected chi connectivity index (χ4v) is 4.08. The third kappa shape index (κ3) is 2.96. The first-order valence-corrected chi connectivity index (χ1v) is 10.2. The molecule has 0 aliphatic carbocycles. The molecule has 1 unspecified atom stereocenters. The van der Waals surface area contributed by atoms with Gasteiger partial charge in [-0.05, 0) is 37.3 Å². The van der Waals surface area contributed by atoms with Crippen molar-refractivity contribution in [3.8, 4) is 11.6 Å². The van der Waals surface area contributed by atoms with Gasteiger partial charge in [0.25, 0.3) is 5.89 Å². The average molecular weight is 426 g/mol. The minimum absolute atomic E-state index is 0.0870. The van der Waals surface area contributed by atoms with Crippen LogP contribution >= 0.6 is 0 Å². The molecule has 5 aromatic heterocycles. The van der Waals surface area contributed by atoms with Gasteiger partial charge in [0.2, 0.25) is 0 Å². The number of nitrogens with one attached hydrogen (secondary N) is 1. The van der Waals surface area contributed by atoms with E-state index in [2.05, 4.69) is 25.1 Å². The van der Waals surface area contributed by atoms with Gasteiger partial charge in [-0.1, -0.05) is 12.1 Å². The standard InChI is InChI=1S/C22H18N8O2/c1-13-5-4-7-16(25-13)20-26-27-21(32-20)22(31)29-10-8-15-18(24-12-23-15)19(29)17-11-14-6-2-3-9-30(14)28-17/h2-7,9,11-12,19H,8,10H2,1H3,(H,23,24). The Labute approximate surface area is 181 Å². The number of hydrogen-bond donors (Lipinski definition) is 1. The van der Waals surface area contributed by atoms with E-state index in [0.29, 0.717) is 18.7 Å². The molecule has 32 heavy (non-hydrogen) atoms. The van der Waals surface area contributed by atoms with E-state index < -0.39 is 6.04 Å². The van der Waals surface area contributed by atoms with E-state index in [0.717, 1.165) is 28.3 Å². The fourth-order valence-electron chi connectivity index (χ4n) is 4.08. The number of amides is 1. The molecule has 0 fully saturated rings. The van der Waals surface area contributed by atoms with Crippen LogP contribution in [0, 0.1) is 6.92 Å². The smallest absolute Gasteiger partial charge is 0.312 e. The summed E-state index contributed by atoms with van der Waals surface area (Å²) in [6.45, 7) is 2.34. The molecule has 1 atom stereocenters. The fraction of sp³-hybridized carbons (Fsp3) is 0.182. The van der Waals surface area contributed by atoms with Crippen molar-refractivity contribution in [3.05, 3.63) is 83.7 Å². The summed E-state index contributed by atoms with van der Waals surface area (Å²) in [4.78, 5) is 27.2. The van der Waals surface area contributed by atoms with E-state index in [1.807, 2.05) is 49.5 Å². The van der Waals surface area contributed by atoms with Crippen molar-refractivity contribution in [1.29, 1.82) is 0 Å². The highest BCUT2D eigenvalue weighted by Gasteiger charge is 2.38. The molecule has 5 aromatic rings. The number of aromatic nitrogens is 7. The minimum atomic E-state index is -0.468. The molecule has 1 aliphatic heterocycles. The number of imidazole rings is 1. The normalized spacial score (nSPS) is 15.8. The Morgan fingerprint density at radius 3 is 3.00 bits per heavy atom. The predicted octanol–water partition coefficient (Wildman–Crippen LogP) is 2.60. The quantitative estimate of drug-likeness (QED) is 0.471. The van der Waals surface area contributed by atoms with Gasteiger partial charge in [-0.3, -0.25) is 4.79 Å².